The van der Waals surface area contributed by atoms with Gasteiger partial charge in [-0.2, -0.15) is 0 Å². The standard InChI is InChI=1S/C31H34Cl2N4O7S/c1-31(2,3)44-29(38)20-37(45(39,40)25-18-22(32)17-23(33)19-25)24-7-8-26-21(16-24)11-12-36(26)27-9-10-28(35-34-27)41-14-15-43-30-6-4-5-13-42-30/h7-12,16-19,30H,4-6,13-15,20H2,1-3H3. The summed E-state index contributed by atoms with van der Waals surface area (Å²) in [4.78, 5) is 12.7. The lowest BCUT2D eigenvalue weighted by atomic mass is 10.2. The van der Waals surface area contributed by atoms with Crippen molar-refractivity contribution in [2.75, 3.05) is 30.7 Å². The Morgan fingerprint density at radius 1 is 1.02 bits per heavy atom. The molecule has 5 rings (SSSR count). The zero-order valence-electron chi connectivity index (χ0n) is 25.1. The number of rotatable bonds is 11. The molecule has 0 saturated carbocycles. The molecule has 1 aliphatic heterocycles. The Morgan fingerprint density at radius 2 is 1.80 bits per heavy atom. The maximum Gasteiger partial charge on any atom is 0.327 e. The molecule has 11 nitrogen and oxygen atoms in total. The normalized spacial score (nSPS) is 15.6. The van der Waals surface area contributed by atoms with E-state index >= 15 is 0 Å². The molecule has 1 aliphatic rings. The molecule has 2 aromatic heterocycles. The predicted octanol–water partition coefficient (Wildman–Crippen LogP) is 6.19. The lowest BCUT2D eigenvalue weighted by Crippen LogP contribution is -2.39. The molecular formula is C31H34Cl2N4O7S. The second-order valence-corrected chi connectivity index (χ2v) is 14.1. The second kappa shape index (κ2) is 13.9. The summed E-state index contributed by atoms with van der Waals surface area (Å²) >= 11 is 12.2. The number of aromatic nitrogens is 3. The number of sulfonamides is 1. The fraction of sp³-hybridized carbons (Fsp3) is 0.387. The van der Waals surface area contributed by atoms with E-state index in [2.05, 4.69) is 10.2 Å². The van der Waals surface area contributed by atoms with Crippen molar-refractivity contribution in [2.45, 2.75) is 56.8 Å². The number of carbonyl (C=O) groups is 1. The molecule has 1 atom stereocenters. The molecule has 2 aromatic carbocycles. The Kier molecular flexibility index (Phi) is 10.2. The Balaban J connectivity index is 1.36. The van der Waals surface area contributed by atoms with Crippen LogP contribution < -0.4 is 9.04 Å². The van der Waals surface area contributed by atoms with E-state index in [4.69, 9.17) is 42.1 Å². The van der Waals surface area contributed by atoms with Crippen LogP contribution in [0.15, 0.2) is 65.7 Å². The lowest BCUT2D eigenvalue weighted by molar-refractivity contribution is -0.165. The topological polar surface area (TPSA) is 122 Å². The van der Waals surface area contributed by atoms with Gasteiger partial charge >= 0.3 is 5.97 Å². The molecule has 0 radical (unpaired) electrons. The van der Waals surface area contributed by atoms with E-state index in [1.165, 1.54) is 18.2 Å². The summed E-state index contributed by atoms with van der Waals surface area (Å²) in [7, 11) is -4.28. The third kappa shape index (κ3) is 8.44. The molecular weight excluding hydrogens is 643 g/mol. The van der Waals surface area contributed by atoms with Crippen molar-refractivity contribution in [2.24, 2.45) is 0 Å². The largest absolute Gasteiger partial charge is 0.474 e. The highest BCUT2D eigenvalue weighted by Crippen LogP contribution is 2.31. The molecule has 240 valence electrons. The second-order valence-electron chi connectivity index (χ2n) is 11.4. The molecule has 45 heavy (non-hydrogen) atoms. The predicted molar refractivity (Wildman–Crippen MR) is 171 cm³/mol. The van der Waals surface area contributed by atoms with E-state index in [1.807, 2.05) is 10.6 Å². The molecule has 14 heteroatoms. The van der Waals surface area contributed by atoms with Gasteiger partial charge in [-0.25, -0.2) is 8.42 Å². The van der Waals surface area contributed by atoms with Crippen LogP contribution in [0.2, 0.25) is 10.0 Å². The van der Waals surface area contributed by atoms with Gasteiger partial charge in [0.05, 0.1) is 22.7 Å². The first-order chi connectivity index (χ1) is 21.4. The number of hydrogen-bond donors (Lipinski definition) is 0. The minimum Gasteiger partial charge on any atom is -0.474 e. The van der Waals surface area contributed by atoms with Gasteiger partial charge in [0.2, 0.25) is 5.88 Å². The quantitative estimate of drug-likeness (QED) is 0.135. The van der Waals surface area contributed by atoms with E-state index in [1.54, 1.807) is 57.3 Å². The Morgan fingerprint density at radius 3 is 2.47 bits per heavy atom. The molecule has 0 aliphatic carbocycles. The summed E-state index contributed by atoms with van der Waals surface area (Å²) in [5.74, 6) is 0.168. The number of halogens is 2. The van der Waals surface area contributed by atoms with E-state index in [9.17, 15) is 13.2 Å². The molecule has 1 unspecified atom stereocenters. The van der Waals surface area contributed by atoms with E-state index in [-0.39, 0.29) is 26.9 Å². The van der Waals surface area contributed by atoms with Crippen LogP contribution in [0.25, 0.3) is 16.7 Å². The third-order valence-corrected chi connectivity index (χ3v) is 8.91. The Bertz CT molecular complexity index is 1730. The van der Waals surface area contributed by atoms with Gasteiger partial charge in [-0.15, -0.1) is 10.2 Å². The summed E-state index contributed by atoms with van der Waals surface area (Å²) in [6.07, 6.45) is 4.65. The van der Waals surface area contributed by atoms with E-state index < -0.39 is 28.1 Å². The van der Waals surface area contributed by atoms with Crippen LogP contribution in [-0.2, 0) is 29.0 Å². The van der Waals surface area contributed by atoms with Crippen LogP contribution in [0.5, 0.6) is 5.88 Å². The van der Waals surface area contributed by atoms with Gasteiger partial charge in [0.15, 0.2) is 12.1 Å². The van der Waals surface area contributed by atoms with Crippen molar-refractivity contribution in [3.05, 3.63) is 70.8 Å². The van der Waals surface area contributed by atoms with Gasteiger partial charge < -0.3 is 18.9 Å². The zero-order chi connectivity index (χ0) is 32.2. The number of nitrogens with zero attached hydrogens (tertiary/aromatic N) is 4. The summed E-state index contributed by atoms with van der Waals surface area (Å²) < 4.78 is 52.9. The molecule has 0 bridgehead atoms. The summed E-state index contributed by atoms with van der Waals surface area (Å²) in [5, 5.41) is 9.46. The molecule has 0 N–H and O–H groups in total. The first kappa shape index (κ1) is 33.0. The molecule has 3 heterocycles. The van der Waals surface area contributed by atoms with Gasteiger partial charge in [0.25, 0.3) is 10.0 Å². The number of carbonyl (C=O) groups excluding carboxylic acids is 1. The van der Waals surface area contributed by atoms with E-state index in [0.717, 1.165) is 35.7 Å². The SMILES string of the molecule is CC(C)(C)OC(=O)CN(c1ccc2c(ccn2-c2ccc(OCCOC3CCCCO3)nn2)c1)S(=O)(=O)c1cc(Cl)cc(Cl)c1. The molecule has 0 amide bonds. The summed E-state index contributed by atoms with van der Waals surface area (Å²) in [6.45, 7) is 5.96. The lowest BCUT2D eigenvalue weighted by Gasteiger charge is -2.26. The van der Waals surface area contributed by atoms with Gasteiger partial charge in [0.1, 0.15) is 18.8 Å². The van der Waals surface area contributed by atoms with Crippen LogP contribution in [0, 0.1) is 0 Å². The highest BCUT2D eigenvalue weighted by Gasteiger charge is 2.30. The van der Waals surface area contributed by atoms with Crippen LogP contribution in [0.3, 0.4) is 0 Å². The Hall–Kier alpha value is -3.42. The van der Waals surface area contributed by atoms with Crippen LogP contribution in [-0.4, -0.2) is 67.4 Å². The van der Waals surface area contributed by atoms with Gasteiger partial charge in [0, 0.05) is 34.3 Å². The summed E-state index contributed by atoms with van der Waals surface area (Å²) in [5.41, 5.74) is 0.174. The first-order valence-corrected chi connectivity index (χ1v) is 16.6. The molecule has 0 spiro atoms. The van der Waals surface area contributed by atoms with E-state index in [0.29, 0.717) is 30.3 Å². The summed E-state index contributed by atoms with van der Waals surface area (Å²) in [6, 6.07) is 14.3. The van der Waals surface area contributed by atoms with Crippen molar-refractivity contribution in [1.29, 1.82) is 0 Å². The number of benzene rings is 2. The average Bonchev–Trinajstić information content (AvgIpc) is 3.41. The Labute approximate surface area is 272 Å². The highest BCUT2D eigenvalue weighted by molar-refractivity contribution is 7.92. The zero-order valence-corrected chi connectivity index (χ0v) is 27.4. The average molecular weight is 678 g/mol. The van der Waals surface area contributed by atoms with Gasteiger partial charge in [-0.3, -0.25) is 13.7 Å². The van der Waals surface area contributed by atoms with Crippen LogP contribution in [0.4, 0.5) is 5.69 Å². The molecule has 1 saturated heterocycles. The minimum absolute atomic E-state index is 0.144. The van der Waals surface area contributed by atoms with Crippen molar-refractivity contribution in [1.82, 2.24) is 14.8 Å². The van der Waals surface area contributed by atoms with Gasteiger partial charge in [-0.05, 0) is 88.6 Å². The molecule has 1 fully saturated rings. The maximum atomic E-state index is 13.9. The monoisotopic (exact) mass is 676 g/mol. The van der Waals surface area contributed by atoms with Crippen molar-refractivity contribution < 1.29 is 32.2 Å². The highest BCUT2D eigenvalue weighted by atomic mass is 35.5. The number of fused-ring (bicyclic) bond motifs is 1. The third-order valence-electron chi connectivity index (χ3n) is 6.73. The number of ether oxygens (including phenoxy) is 4. The number of hydrogen-bond acceptors (Lipinski definition) is 9. The number of esters is 1. The van der Waals surface area contributed by atoms with Crippen molar-refractivity contribution in [3.8, 4) is 11.7 Å². The van der Waals surface area contributed by atoms with Gasteiger partial charge in [-0.1, -0.05) is 23.2 Å². The molecule has 4 aromatic rings. The first-order valence-electron chi connectivity index (χ1n) is 14.4. The fourth-order valence-electron chi connectivity index (χ4n) is 4.78. The van der Waals surface area contributed by atoms with Crippen LogP contribution in [0.1, 0.15) is 40.0 Å². The smallest absolute Gasteiger partial charge is 0.327 e. The van der Waals surface area contributed by atoms with Crippen LogP contribution >= 0.6 is 23.2 Å². The van der Waals surface area contributed by atoms with Crippen molar-refractivity contribution in [3.63, 3.8) is 0 Å². The van der Waals surface area contributed by atoms with Crippen molar-refractivity contribution >= 4 is 55.8 Å². The number of anilines is 1. The minimum atomic E-state index is -4.28. The maximum absolute atomic E-state index is 13.9. The fourth-order valence-corrected chi connectivity index (χ4v) is 6.91.